The first-order valence-corrected chi connectivity index (χ1v) is 12.0. The summed E-state index contributed by atoms with van der Waals surface area (Å²) in [6.07, 6.45) is 1.91. The van der Waals surface area contributed by atoms with Crippen molar-refractivity contribution in [3.63, 3.8) is 0 Å². The maximum Gasteiger partial charge on any atom is 0.261 e. The van der Waals surface area contributed by atoms with Crippen LogP contribution >= 0.6 is 0 Å². The summed E-state index contributed by atoms with van der Waals surface area (Å²) in [6, 6.07) is 18.6. The van der Waals surface area contributed by atoms with Crippen LogP contribution in [0.4, 0.5) is 11.4 Å². The van der Waals surface area contributed by atoms with E-state index in [0.717, 1.165) is 24.0 Å². The standard InChI is InChI=1S/C25H28N2O4S/c1-4-5-16-31-24-9-7-6-8-22(24)25(28)26-20-11-13-21(14-12-20)32(29,30)27-23-15-10-18(2)17-19(23)3/h6-15,17,27H,4-5,16H2,1-3H3,(H,26,28). The highest BCUT2D eigenvalue weighted by molar-refractivity contribution is 7.92. The minimum Gasteiger partial charge on any atom is -0.493 e. The number of carbonyl (C=O) groups excluding carboxylic acids is 1. The van der Waals surface area contributed by atoms with E-state index in [0.29, 0.717) is 29.3 Å². The molecule has 0 aromatic heterocycles. The van der Waals surface area contributed by atoms with Gasteiger partial charge in [0, 0.05) is 5.69 Å². The lowest BCUT2D eigenvalue weighted by Crippen LogP contribution is -2.15. The summed E-state index contributed by atoms with van der Waals surface area (Å²) in [6.45, 7) is 6.42. The van der Waals surface area contributed by atoms with E-state index in [2.05, 4.69) is 17.0 Å². The predicted molar refractivity (Wildman–Crippen MR) is 128 cm³/mol. The van der Waals surface area contributed by atoms with Crippen LogP contribution in [0.1, 0.15) is 41.3 Å². The lowest BCUT2D eigenvalue weighted by Gasteiger charge is -2.13. The lowest BCUT2D eigenvalue weighted by molar-refractivity contribution is 0.102. The van der Waals surface area contributed by atoms with Crippen molar-refractivity contribution in [3.05, 3.63) is 83.4 Å². The van der Waals surface area contributed by atoms with Crippen LogP contribution < -0.4 is 14.8 Å². The molecule has 0 saturated carbocycles. The second-order valence-electron chi connectivity index (χ2n) is 7.60. The Hall–Kier alpha value is -3.32. The van der Waals surface area contributed by atoms with E-state index in [-0.39, 0.29) is 10.8 Å². The number of benzene rings is 3. The summed E-state index contributed by atoms with van der Waals surface area (Å²) in [5.41, 5.74) is 3.36. The molecule has 32 heavy (non-hydrogen) atoms. The molecule has 0 fully saturated rings. The average molecular weight is 453 g/mol. The molecule has 0 radical (unpaired) electrons. The fourth-order valence-corrected chi connectivity index (χ4v) is 4.28. The quantitative estimate of drug-likeness (QED) is 0.418. The second kappa shape index (κ2) is 10.3. The number of amides is 1. The van der Waals surface area contributed by atoms with Crippen LogP contribution in [-0.4, -0.2) is 20.9 Å². The van der Waals surface area contributed by atoms with E-state index in [1.54, 1.807) is 36.4 Å². The van der Waals surface area contributed by atoms with Crippen molar-refractivity contribution in [2.45, 2.75) is 38.5 Å². The first kappa shape index (κ1) is 23.3. The first-order valence-electron chi connectivity index (χ1n) is 10.5. The third-order valence-electron chi connectivity index (χ3n) is 4.94. The molecule has 2 N–H and O–H groups in total. The molecule has 0 saturated heterocycles. The number of aryl methyl sites for hydroxylation is 2. The Kier molecular flexibility index (Phi) is 7.53. The smallest absolute Gasteiger partial charge is 0.261 e. The van der Waals surface area contributed by atoms with Gasteiger partial charge in [-0.15, -0.1) is 0 Å². The van der Waals surface area contributed by atoms with Crippen molar-refractivity contribution < 1.29 is 17.9 Å². The summed E-state index contributed by atoms with van der Waals surface area (Å²) in [7, 11) is -3.75. The minimum atomic E-state index is -3.75. The Bertz CT molecular complexity index is 1190. The van der Waals surface area contributed by atoms with Crippen molar-refractivity contribution in [1.29, 1.82) is 0 Å². The van der Waals surface area contributed by atoms with Gasteiger partial charge in [-0.3, -0.25) is 9.52 Å². The normalized spacial score (nSPS) is 11.1. The van der Waals surface area contributed by atoms with Crippen LogP contribution in [0.2, 0.25) is 0 Å². The van der Waals surface area contributed by atoms with Crippen LogP contribution in [0.15, 0.2) is 71.6 Å². The van der Waals surface area contributed by atoms with Gasteiger partial charge in [-0.2, -0.15) is 0 Å². The summed E-state index contributed by atoms with van der Waals surface area (Å²) >= 11 is 0. The van der Waals surface area contributed by atoms with E-state index in [9.17, 15) is 13.2 Å². The van der Waals surface area contributed by atoms with Gasteiger partial charge in [0.15, 0.2) is 0 Å². The van der Waals surface area contributed by atoms with Gasteiger partial charge in [0.1, 0.15) is 5.75 Å². The topological polar surface area (TPSA) is 84.5 Å². The monoisotopic (exact) mass is 452 g/mol. The zero-order chi connectivity index (χ0) is 23.1. The molecule has 0 aliphatic carbocycles. The zero-order valence-corrected chi connectivity index (χ0v) is 19.3. The number of unbranched alkanes of at least 4 members (excludes halogenated alkanes) is 1. The van der Waals surface area contributed by atoms with Crippen LogP contribution in [-0.2, 0) is 10.0 Å². The Morgan fingerprint density at radius 3 is 2.38 bits per heavy atom. The van der Waals surface area contributed by atoms with Gasteiger partial charge in [-0.25, -0.2) is 8.42 Å². The lowest BCUT2D eigenvalue weighted by atomic mass is 10.1. The van der Waals surface area contributed by atoms with Crippen LogP contribution in [0.25, 0.3) is 0 Å². The molecule has 6 nitrogen and oxygen atoms in total. The molecule has 7 heteroatoms. The highest BCUT2D eigenvalue weighted by Gasteiger charge is 2.16. The van der Waals surface area contributed by atoms with Crippen LogP contribution in [0.3, 0.4) is 0 Å². The molecule has 0 unspecified atom stereocenters. The van der Waals surface area contributed by atoms with Gasteiger partial charge >= 0.3 is 0 Å². The molecule has 0 atom stereocenters. The third-order valence-corrected chi connectivity index (χ3v) is 6.32. The number of carbonyl (C=O) groups is 1. The Morgan fingerprint density at radius 2 is 1.69 bits per heavy atom. The van der Waals surface area contributed by atoms with E-state index in [1.807, 2.05) is 32.0 Å². The Labute approximate surface area is 189 Å². The van der Waals surface area contributed by atoms with Gasteiger partial charge in [-0.1, -0.05) is 43.2 Å². The van der Waals surface area contributed by atoms with Gasteiger partial charge in [0.25, 0.3) is 15.9 Å². The van der Waals surface area contributed by atoms with E-state index in [4.69, 9.17) is 4.74 Å². The van der Waals surface area contributed by atoms with Crippen molar-refractivity contribution in [1.82, 2.24) is 0 Å². The molecule has 0 heterocycles. The molecule has 3 aromatic rings. The maximum atomic E-state index is 12.7. The number of nitrogens with one attached hydrogen (secondary N) is 2. The van der Waals surface area contributed by atoms with Gasteiger partial charge in [0.2, 0.25) is 0 Å². The molecule has 3 aromatic carbocycles. The van der Waals surface area contributed by atoms with Crippen molar-refractivity contribution in [2.75, 3.05) is 16.6 Å². The summed E-state index contributed by atoms with van der Waals surface area (Å²) in [5, 5.41) is 2.80. The Morgan fingerprint density at radius 1 is 0.969 bits per heavy atom. The SMILES string of the molecule is CCCCOc1ccccc1C(=O)Nc1ccc(S(=O)(=O)Nc2ccc(C)cc2C)cc1. The minimum absolute atomic E-state index is 0.110. The highest BCUT2D eigenvalue weighted by atomic mass is 32.2. The van der Waals surface area contributed by atoms with Gasteiger partial charge < -0.3 is 10.1 Å². The average Bonchev–Trinajstić information content (AvgIpc) is 2.76. The third kappa shape index (κ3) is 5.88. The zero-order valence-electron chi connectivity index (χ0n) is 18.5. The van der Waals surface area contributed by atoms with Crippen molar-refractivity contribution >= 4 is 27.3 Å². The van der Waals surface area contributed by atoms with E-state index in [1.165, 1.54) is 12.1 Å². The molecular formula is C25H28N2O4S. The van der Waals surface area contributed by atoms with Gasteiger partial charge in [0.05, 0.1) is 22.8 Å². The fourth-order valence-electron chi connectivity index (χ4n) is 3.15. The summed E-state index contributed by atoms with van der Waals surface area (Å²) in [4.78, 5) is 12.8. The molecule has 168 valence electrons. The first-order chi connectivity index (χ1) is 15.3. The predicted octanol–water partition coefficient (Wildman–Crippen LogP) is 5.54. The Balaban J connectivity index is 1.71. The molecular weight excluding hydrogens is 424 g/mol. The van der Waals surface area contributed by atoms with Crippen molar-refractivity contribution in [3.8, 4) is 5.75 Å². The molecule has 0 bridgehead atoms. The number of ether oxygens (including phenoxy) is 1. The van der Waals surface area contributed by atoms with Crippen molar-refractivity contribution in [2.24, 2.45) is 0 Å². The number of hydrogen-bond acceptors (Lipinski definition) is 4. The highest BCUT2D eigenvalue weighted by Crippen LogP contribution is 2.23. The van der Waals surface area contributed by atoms with Crippen LogP contribution in [0.5, 0.6) is 5.75 Å². The number of para-hydroxylation sites is 1. The number of sulfonamides is 1. The molecule has 1 amide bonds. The molecule has 3 rings (SSSR count). The summed E-state index contributed by atoms with van der Waals surface area (Å²) < 4.78 is 33.8. The van der Waals surface area contributed by atoms with Gasteiger partial charge in [-0.05, 0) is 68.3 Å². The number of hydrogen-bond donors (Lipinski definition) is 2. The number of anilines is 2. The van der Waals surface area contributed by atoms with E-state index < -0.39 is 10.0 Å². The van der Waals surface area contributed by atoms with E-state index >= 15 is 0 Å². The number of rotatable bonds is 9. The summed E-state index contributed by atoms with van der Waals surface area (Å²) in [5.74, 6) is 0.205. The molecule has 0 aliphatic heterocycles. The maximum absolute atomic E-state index is 12.7. The second-order valence-corrected chi connectivity index (χ2v) is 9.28. The fraction of sp³-hybridized carbons (Fsp3) is 0.240. The molecule has 0 aliphatic rings. The van der Waals surface area contributed by atoms with Crippen LogP contribution in [0, 0.1) is 13.8 Å². The molecule has 0 spiro atoms. The largest absolute Gasteiger partial charge is 0.493 e.